The maximum Gasteiger partial charge on any atom is 0.241 e. The van der Waals surface area contributed by atoms with Gasteiger partial charge in [0.05, 0.1) is 23.6 Å². The summed E-state index contributed by atoms with van der Waals surface area (Å²) in [6, 6.07) is 27.9. The van der Waals surface area contributed by atoms with Crippen molar-refractivity contribution >= 4 is 26.7 Å². The third-order valence-electron chi connectivity index (χ3n) is 9.48. The smallest absolute Gasteiger partial charge is 0.241 e. The highest BCUT2D eigenvalue weighted by Crippen LogP contribution is 2.41. The number of piperidine rings is 1. The van der Waals surface area contributed by atoms with E-state index in [1.165, 1.54) is 18.4 Å². The van der Waals surface area contributed by atoms with Crippen molar-refractivity contribution in [3.63, 3.8) is 0 Å². The summed E-state index contributed by atoms with van der Waals surface area (Å²) in [4.78, 5) is 16.4. The molecule has 0 radical (unpaired) electrons. The van der Waals surface area contributed by atoms with Crippen molar-refractivity contribution in [3.05, 3.63) is 108 Å². The highest BCUT2D eigenvalue weighted by molar-refractivity contribution is 7.89. The third kappa shape index (κ3) is 6.93. The minimum atomic E-state index is -3.92. The molecule has 0 aliphatic carbocycles. The zero-order valence-electron chi connectivity index (χ0n) is 26.3. The number of fused-ring (bicyclic) bond motifs is 2. The average molecular weight is 626 g/mol. The predicted octanol–water partition coefficient (Wildman–Crippen LogP) is 6.93. The van der Waals surface area contributed by atoms with Crippen LogP contribution in [0.2, 0.25) is 0 Å². The van der Waals surface area contributed by atoms with E-state index >= 15 is 0 Å². The van der Waals surface area contributed by atoms with Gasteiger partial charge in [-0.25, -0.2) is 13.1 Å². The van der Waals surface area contributed by atoms with E-state index in [2.05, 4.69) is 54.0 Å². The summed E-state index contributed by atoms with van der Waals surface area (Å²) in [5, 5.41) is 5.10. The van der Waals surface area contributed by atoms with Gasteiger partial charge in [-0.05, 0) is 72.5 Å². The molecular weight excluding hydrogens is 582 g/mol. The van der Waals surface area contributed by atoms with E-state index in [-0.39, 0.29) is 35.1 Å². The largest absolute Gasteiger partial charge is 0.493 e. The molecule has 1 amide bonds. The van der Waals surface area contributed by atoms with Crippen molar-refractivity contribution in [2.75, 3.05) is 20.2 Å². The van der Waals surface area contributed by atoms with Crippen LogP contribution >= 0.6 is 0 Å². The molecule has 0 spiro atoms. The van der Waals surface area contributed by atoms with Gasteiger partial charge in [-0.1, -0.05) is 93.1 Å². The Morgan fingerprint density at radius 2 is 1.69 bits per heavy atom. The molecule has 2 N–H and O–H groups in total. The van der Waals surface area contributed by atoms with Gasteiger partial charge in [0.15, 0.2) is 0 Å². The van der Waals surface area contributed by atoms with Crippen LogP contribution in [0.4, 0.5) is 0 Å². The Balaban J connectivity index is 1.25. The molecule has 7 nitrogen and oxygen atoms in total. The lowest BCUT2D eigenvalue weighted by Gasteiger charge is -2.38. The summed E-state index contributed by atoms with van der Waals surface area (Å²) in [5.41, 5.74) is 2.95. The van der Waals surface area contributed by atoms with Crippen LogP contribution in [-0.2, 0) is 14.8 Å². The van der Waals surface area contributed by atoms with Gasteiger partial charge >= 0.3 is 0 Å². The molecule has 0 aromatic heterocycles. The lowest BCUT2D eigenvalue weighted by Crippen LogP contribution is -2.42. The Morgan fingerprint density at radius 1 is 0.933 bits per heavy atom. The number of benzene rings is 4. The molecule has 2 heterocycles. The number of hydrogen-bond donors (Lipinski definition) is 2. The van der Waals surface area contributed by atoms with Crippen molar-refractivity contribution in [3.8, 4) is 5.75 Å². The van der Waals surface area contributed by atoms with Crippen molar-refractivity contribution in [2.45, 2.75) is 62.6 Å². The van der Waals surface area contributed by atoms with Gasteiger partial charge in [0, 0.05) is 23.9 Å². The normalized spacial score (nSPS) is 21.2. The van der Waals surface area contributed by atoms with E-state index in [0.717, 1.165) is 40.6 Å². The van der Waals surface area contributed by atoms with E-state index < -0.39 is 16.1 Å². The van der Waals surface area contributed by atoms with Gasteiger partial charge in [0.1, 0.15) is 5.75 Å². The SMILES string of the molecule is CC(C)C1COc2cc(C3CCCCN3C)ccc2C1NC(=O)CC(NS(=O)(=O)c1ccc2ccccc2c1)c1ccccc1. The number of hydrogen-bond acceptors (Lipinski definition) is 5. The number of amides is 1. The summed E-state index contributed by atoms with van der Waals surface area (Å²) in [6.45, 7) is 5.89. The molecule has 4 unspecified atom stereocenters. The van der Waals surface area contributed by atoms with Crippen molar-refractivity contribution in [2.24, 2.45) is 11.8 Å². The van der Waals surface area contributed by atoms with Crippen LogP contribution in [0.5, 0.6) is 5.75 Å². The molecule has 4 aromatic carbocycles. The maximum atomic E-state index is 13.8. The van der Waals surface area contributed by atoms with Crippen LogP contribution in [0, 0.1) is 11.8 Å². The zero-order chi connectivity index (χ0) is 31.6. The van der Waals surface area contributed by atoms with E-state index in [1.54, 1.807) is 18.2 Å². The third-order valence-corrected chi connectivity index (χ3v) is 10.9. The fraction of sp³-hybridized carbons (Fsp3) is 0.378. The molecule has 1 saturated heterocycles. The van der Waals surface area contributed by atoms with Crippen LogP contribution in [0.25, 0.3) is 10.8 Å². The number of nitrogens with one attached hydrogen (secondary N) is 2. The van der Waals surface area contributed by atoms with E-state index in [1.807, 2.05) is 54.6 Å². The van der Waals surface area contributed by atoms with Gasteiger partial charge in [0.25, 0.3) is 0 Å². The topological polar surface area (TPSA) is 87.7 Å². The van der Waals surface area contributed by atoms with Crippen molar-refractivity contribution < 1.29 is 17.9 Å². The Hall–Kier alpha value is -3.72. The first kappa shape index (κ1) is 31.3. The number of ether oxygens (including phenoxy) is 1. The monoisotopic (exact) mass is 625 g/mol. The zero-order valence-corrected chi connectivity index (χ0v) is 27.1. The second-order valence-electron chi connectivity index (χ2n) is 12.9. The quantitative estimate of drug-likeness (QED) is 0.211. The molecule has 2 aliphatic rings. The first-order valence-corrected chi connectivity index (χ1v) is 17.5. The minimum Gasteiger partial charge on any atom is -0.493 e. The summed E-state index contributed by atoms with van der Waals surface area (Å²) in [6.07, 6.45) is 3.52. The highest BCUT2D eigenvalue weighted by atomic mass is 32.2. The summed E-state index contributed by atoms with van der Waals surface area (Å²) < 4.78 is 36.5. The Bertz CT molecular complexity index is 1760. The van der Waals surface area contributed by atoms with Crippen LogP contribution in [0.1, 0.15) is 74.3 Å². The fourth-order valence-corrected chi connectivity index (χ4v) is 8.09. The summed E-state index contributed by atoms with van der Waals surface area (Å²) >= 11 is 0. The Labute approximate surface area is 267 Å². The number of rotatable bonds is 9. The minimum absolute atomic E-state index is 0.0424. The number of carbonyl (C=O) groups excluding carboxylic acids is 1. The molecule has 45 heavy (non-hydrogen) atoms. The second kappa shape index (κ2) is 13.3. The molecule has 6 rings (SSSR count). The van der Waals surface area contributed by atoms with Crippen LogP contribution in [0.3, 0.4) is 0 Å². The first-order chi connectivity index (χ1) is 21.7. The highest BCUT2D eigenvalue weighted by Gasteiger charge is 2.36. The number of likely N-dealkylation sites (tertiary alicyclic amines) is 1. The van der Waals surface area contributed by atoms with Gasteiger partial charge in [0.2, 0.25) is 15.9 Å². The molecule has 0 bridgehead atoms. The van der Waals surface area contributed by atoms with E-state index in [4.69, 9.17) is 4.74 Å². The fourth-order valence-electron chi connectivity index (χ4n) is 6.83. The molecule has 0 saturated carbocycles. The van der Waals surface area contributed by atoms with Crippen LogP contribution in [0.15, 0.2) is 95.9 Å². The van der Waals surface area contributed by atoms with Crippen molar-refractivity contribution in [1.29, 1.82) is 0 Å². The Kier molecular flexibility index (Phi) is 9.26. The van der Waals surface area contributed by atoms with Gasteiger partial charge in [-0.3, -0.25) is 9.69 Å². The van der Waals surface area contributed by atoms with Crippen LogP contribution in [-0.4, -0.2) is 39.4 Å². The van der Waals surface area contributed by atoms with Crippen molar-refractivity contribution in [1.82, 2.24) is 14.9 Å². The van der Waals surface area contributed by atoms with Gasteiger partial charge in [-0.2, -0.15) is 0 Å². The summed E-state index contributed by atoms with van der Waals surface area (Å²) in [7, 11) is -1.74. The average Bonchev–Trinajstić information content (AvgIpc) is 3.04. The predicted molar refractivity (Wildman–Crippen MR) is 178 cm³/mol. The standard InChI is InChI=1S/C37H43N3O4S/c1-25(2)32-24-44-35-22-29(34-15-9-10-20-40(34)3)17-19-31(35)37(32)38-36(41)23-33(27-12-5-4-6-13-27)39-45(42,43)30-18-16-26-11-7-8-14-28(26)21-30/h4-8,11-14,16-19,21-22,25,32-34,37,39H,9-10,15,20,23-24H2,1-3H3,(H,38,41). The first-order valence-electron chi connectivity index (χ1n) is 16.0. The molecule has 8 heteroatoms. The second-order valence-corrected chi connectivity index (χ2v) is 14.6. The summed E-state index contributed by atoms with van der Waals surface area (Å²) in [5.74, 6) is 0.952. The van der Waals surface area contributed by atoms with Gasteiger partial charge in [-0.15, -0.1) is 0 Å². The maximum absolute atomic E-state index is 13.8. The molecule has 4 atom stereocenters. The van der Waals surface area contributed by atoms with Gasteiger partial charge < -0.3 is 10.1 Å². The number of sulfonamides is 1. The van der Waals surface area contributed by atoms with E-state index in [0.29, 0.717) is 12.6 Å². The van der Waals surface area contributed by atoms with E-state index in [9.17, 15) is 13.2 Å². The Morgan fingerprint density at radius 3 is 2.44 bits per heavy atom. The van der Waals surface area contributed by atoms with Crippen LogP contribution < -0.4 is 14.8 Å². The molecule has 1 fully saturated rings. The molecule has 2 aliphatic heterocycles. The molecule has 236 valence electrons. The lowest BCUT2D eigenvalue weighted by molar-refractivity contribution is -0.123. The lowest BCUT2D eigenvalue weighted by atomic mass is 9.82. The molecular formula is C37H43N3O4S. The number of carbonyl (C=O) groups is 1. The molecule has 4 aromatic rings. The number of nitrogens with zero attached hydrogens (tertiary/aromatic N) is 1.